The Morgan fingerprint density at radius 3 is 2.38 bits per heavy atom. The van der Waals surface area contributed by atoms with Gasteiger partial charge in [-0.05, 0) is 60.6 Å². The Bertz CT molecular complexity index is 836. The van der Waals surface area contributed by atoms with Crippen molar-refractivity contribution < 1.29 is 9.59 Å². The first-order valence-electron chi connectivity index (χ1n) is 10.2. The number of likely N-dealkylation sites (tertiary alicyclic amines) is 1. The number of nitrogens with one attached hydrogen (secondary N) is 1. The Kier molecular flexibility index (Phi) is 6.82. The minimum absolute atomic E-state index is 0.00426. The molecule has 2 amide bonds. The van der Waals surface area contributed by atoms with E-state index in [0.717, 1.165) is 18.5 Å². The number of carbonyl (C=O) groups excluding carboxylic acids is 2. The van der Waals surface area contributed by atoms with E-state index in [0.29, 0.717) is 23.2 Å². The van der Waals surface area contributed by atoms with Gasteiger partial charge < -0.3 is 10.2 Å². The van der Waals surface area contributed by atoms with Crippen LogP contribution in [0.2, 0.25) is 0 Å². The zero-order chi connectivity index (χ0) is 20.1. The molecule has 0 aliphatic carbocycles. The van der Waals surface area contributed by atoms with E-state index < -0.39 is 0 Å². The van der Waals surface area contributed by atoms with E-state index in [-0.39, 0.29) is 17.7 Å². The highest BCUT2D eigenvalue weighted by Crippen LogP contribution is 2.43. The molecular formula is C23H26N2O2S2. The van der Waals surface area contributed by atoms with Crippen LogP contribution < -0.4 is 5.32 Å². The van der Waals surface area contributed by atoms with Crippen molar-refractivity contribution >= 4 is 41.0 Å². The van der Waals surface area contributed by atoms with E-state index in [1.807, 2.05) is 70.9 Å². The van der Waals surface area contributed by atoms with Gasteiger partial charge in [-0.2, -0.15) is 0 Å². The molecule has 1 unspecified atom stereocenters. The molecule has 4 rings (SSSR count). The summed E-state index contributed by atoms with van der Waals surface area (Å²) in [7, 11) is 0. The summed E-state index contributed by atoms with van der Waals surface area (Å²) in [6.07, 6.45) is 2.94. The van der Waals surface area contributed by atoms with E-state index >= 15 is 0 Å². The Labute approximate surface area is 180 Å². The molecule has 2 aliphatic heterocycles. The van der Waals surface area contributed by atoms with Crippen LogP contribution in [0, 0.1) is 5.92 Å². The van der Waals surface area contributed by atoms with Gasteiger partial charge in [0.15, 0.2) is 0 Å². The minimum Gasteiger partial charge on any atom is -0.338 e. The fourth-order valence-corrected chi connectivity index (χ4v) is 6.68. The second-order valence-corrected chi connectivity index (χ2v) is 10.2. The number of thioether (sulfide) groups is 2. The molecule has 0 saturated carbocycles. The number of para-hydroxylation sites is 1. The summed E-state index contributed by atoms with van der Waals surface area (Å²) in [5.41, 5.74) is 2.80. The van der Waals surface area contributed by atoms with Gasteiger partial charge in [-0.3, -0.25) is 9.59 Å². The van der Waals surface area contributed by atoms with Crippen molar-refractivity contribution in [2.24, 2.45) is 5.92 Å². The van der Waals surface area contributed by atoms with Gasteiger partial charge in [0.2, 0.25) is 5.91 Å². The second-order valence-electron chi connectivity index (χ2n) is 7.49. The average molecular weight is 427 g/mol. The number of hydrogen-bond acceptors (Lipinski definition) is 4. The van der Waals surface area contributed by atoms with E-state index in [4.69, 9.17) is 0 Å². The molecule has 2 aromatic carbocycles. The number of rotatable bonds is 4. The van der Waals surface area contributed by atoms with E-state index in [9.17, 15) is 9.59 Å². The van der Waals surface area contributed by atoms with Crippen molar-refractivity contribution in [3.05, 3.63) is 65.7 Å². The third-order valence-corrected chi connectivity index (χ3v) is 8.39. The highest BCUT2D eigenvalue weighted by Gasteiger charge is 2.29. The molecule has 2 aromatic rings. The van der Waals surface area contributed by atoms with E-state index in [1.165, 1.54) is 23.5 Å². The molecular weight excluding hydrogens is 400 g/mol. The zero-order valence-corrected chi connectivity index (χ0v) is 18.0. The lowest BCUT2D eigenvalue weighted by Gasteiger charge is -2.32. The maximum Gasteiger partial charge on any atom is 0.253 e. The summed E-state index contributed by atoms with van der Waals surface area (Å²) in [5.74, 6) is 2.27. The zero-order valence-electron chi connectivity index (χ0n) is 16.4. The molecule has 2 fully saturated rings. The van der Waals surface area contributed by atoms with Gasteiger partial charge in [0.25, 0.3) is 5.91 Å². The van der Waals surface area contributed by atoms with Gasteiger partial charge in [0.1, 0.15) is 0 Å². The molecule has 1 atom stereocenters. The van der Waals surface area contributed by atoms with Crippen LogP contribution in [0.25, 0.3) is 0 Å². The molecule has 2 saturated heterocycles. The van der Waals surface area contributed by atoms with Crippen LogP contribution in [0.1, 0.15) is 39.8 Å². The van der Waals surface area contributed by atoms with Gasteiger partial charge in [-0.15, -0.1) is 23.5 Å². The summed E-state index contributed by atoms with van der Waals surface area (Å²) in [6.45, 7) is 1.19. The summed E-state index contributed by atoms with van der Waals surface area (Å²) in [4.78, 5) is 27.5. The number of piperidine rings is 1. The van der Waals surface area contributed by atoms with Crippen LogP contribution >= 0.6 is 23.5 Å². The maximum atomic E-state index is 13.0. The van der Waals surface area contributed by atoms with Gasteiger partial charge in [-0.25, -0.2) is 0 Å². The molecule has 4 nitrogen and oxygen atoms in total. The van der Waals surface area contributed by atoms with E-state index in [2.05, 4.69) is 17.4 Å². The minimum atomic E-state index is -0.165. The highest BCUT2D eigenvalue weighted by molar-refractivity contribution is 8.16. The lowest BCUT2D eigenvalue weighted by Crippen LogP contribution is -2.43. The SMILES string of the molecule is O=C(Nc1ccccc1)C1CCCN(C(=O)c2ccc(C3SCCCS3)cc2)C1. The molecule has 152 valence electrons. The highest BCUT2D eigenvalue weighted by atomic mass is 32.2. The molecule has 2 heterocycles. The van der Waals surface area contributed by atoms with Crippen molar-refractivity contribution in [1.29, 1.82) is 0 Å². The second kappa shape index (κ2) is 9.72. The van der Waals surface area contributed by atoms with Crippen LogP contribution in [0.3, 0.4) is 0 Å². The van der Waals surface area contributed by atoms with Crippen LogP contribution in [0.4, 0.5) is 5.69 Å². The first kappa shape index (κ1) is 20.4. The van der Waals surface area contributed by atoms with Crippen LogP contribution in [-0.2, 0) is 4.79 Å². The number of benzene rings is 2. The van der Waals surface area contributed by atoms with Gasteiger partial charge in [0, 0.05) is 24.3 Å². The fourth-order valence-electron chi connectivity index (χ4n) is 3.79. The summed E-state index contributed by atoms with van der Waals surface area (Å²) in [6, 6.07) is 17.6. The molecule has 0 spiro atoms. The Hall–Kier alpha value is -1.92. The topological polar surface area (TPSA) is 49.4 Å². The van der Waals surface area contributed by atoms with Crippen LogP contribution in [0.15, 0.2) is 54.6 Å². The predicted octanol–water partition coefficient (Wildman–Crippen LogP) is 5.05. The van der Waals surface area contributed by atoms with Gasteiger partial charge in [0.05, 0.1) is 10.5 Å². The molecule has 6 heteroatoms. The molecule has 2 aliphatic rings. The molecule has 0 aromatic heterocycles. The maximum absolute atomic E-state index is 13.0. The summed E-state index contributed by atoms with van der Waals surface area (Å²) < 4.78 is 0.481. The Balaban J connectivity index is 1.37. The standard InChI is InChI=1S/C23H26N2O2S2/c26-21(24-20-7-2-1-3-8-20)19-6-4-13-25(16-19)22(27)17-9-11-18(12-10-17)23-28-14-5-15-29-23/h1-3,7-12,19,23H,4-6,13-16H2,(H,24,26). The fraction of sp³-hybridized carbons (Fsp3) is 0.391. The number of nitrogens with zero attached hydrogens (tertiary/aromatic N) is 1. The number of amides is 2. The van der Waals surface area contributed by atoms with Crippen molar-refractivity contribution in [3.8, 4) is 0 Å². The molecule has 29 heavy (non-hydrogen) atoms. The number of carbonyl (C=O) groups is 2. The first-order chi connectivity index (χ1) is 14.2. The quantitative estimate of drug-likeness (QED) is 0.744. The Morgan fingerprint density at radius 1 is 0.931 bits per heavy atom. The lowest BCUT2D eigenvalue weighted by molar-refractivity contribution is -0.121. The summed E-state index contributed by atoms with van der Waals surface area (Å²) in [5, 5.41) is 2.97. The first-order valence-corrected chi connectivity index (χ1v) is 12.3. The lowest BCUT2D eigenvalue weighted by atomic mass is 9.96. The molecule has 0 bridgehead atoms. The monoisotopic (exact) mass is 426 g/mol. The van der Waals surface area contributed by atoms with Crippen molar-refractivity contribution in [2.45, 2.75) is 23.8 Å². The smallest absolute Gasteiger partial charge is 0.253 e. The Morgan fingerprint density at radius 2 is 1.66 bits per heavy atom. The third-order valence-electron chi connectivity index (χ3n) is 5.38. The largest absolute Gasteiger partial charge is 0.338 e. The van der Waals surface area contributed by atoms with Crippen LogP contribution in [0.5, 0.6) is 0 Å². The van der Waals surface area contributed by atoms with Crippen LogP contribution in [-0.4, -0.2) is 41.3 Å². The molecule has 0 radical (unpaired) electrons. The van der Waals surface area contributed by atoms with E-state index in [1.54, 1.807) is 0 Å². The van der Waals surface area contributed by atoms with Gasteiger partial charge in [-0.1, -0.05) is 30.3 Å². The number of hydrogen-bond donors (Lipinski definition) is 1. The summed E-state index contributed by atoms with van der Waals surface area (Å²) >= 11 is 3.97. The predicted molar refractivity (Wildman–Crippen MR) is 122 cm³/mol. The van der Waals surface area contributed by atoms with Crippen molar-refractivity contribution in [3.63, 3.8) is 0 Å². The van der Waals surface area contributed by atoms with Gasteiger partial charge >= 0.3 is 0 Å². The van der Waals surface area contributed by atoms with Crippen molar-refractivity contribution in [1.82, 2.24) is 4.90 Å². The number of anilines is 1. The average Bonchev–Trinajstić information content (AvgIpc) is 2.80. The molecule has 1 N–H and O–H groups in total. The third kappa shape index (κ3) is 5.17. The van der Waals surface area contributed by atoms with Crippen molar-refractivity contribution in [2.75, 3.05) is 29.9 Å². The normalized spacial score (nSPS) is 20.3.